The zero-order valence-electron chi connectivity index (χ0n) is 6.10. The van der Waals surface area contributed by atoms with Crippen molar-refractivity contribution in [2.24, 2.45) is 0 Å². The van der Waals surface area contributed by atoms with E-state index in [4.69, 9.17) is 16.7 Å². The van der Waals surface area contributed by atoms with Crippen LogP contribution in [0.25, 0.3) is 0 Å². The monoisotopic (exact) mass is 212 g/mol. The maximum Gasteiger partial charge on any atom is 0.573 e. The van der Waals surface area contributed by atoms with Crippen molar-refractivity contribution in [1.82, 2.24) is 0 Å². The molecule has 0 aromatic heterocycles. The van der Waals surface area contributed by atoms with Crippen molar-refractivity contribution < 1.29 is 23.0 Å². The number of aromatic hydroxyl groups is 1. The third kappa shape index (κ3) is 3.02. The van der Waals surface area contributed by atoms with Gasteiger partial charge in [0.1, 0.15) is 11.5 Å². The van der Waals surface area contributed by atoms with Crippen molar-refractivity contribution in [3.05, 3.63) is 23.2 Å². The zero-order chi connectivity index (χ0) is 10.1. The lowest BCUT2D eigenvalue weighted by Crippen LogP contribution is -2.16. The van der Waals surface area contributed by atoms with Gasteiger partial charge in [-0.05, 0) is 12.1 Å². The normalized spacial score (nSPS) is 11.4. The van der Waals surface area contributed by atoms with Crippen LogP contribution in [-0.2, 0) is 0 Å². The molecule has 0 unspecified atom stereocenters. The summed E-state index contributed by atoms with van der Waals surface area (Å²) in [5.41, 5.74) is 0. The molecule has 0 bridgehead atoms. The average molecular weight is 213 g/mol. The molecule has 0 saturated heterocycles. The van der Waals surface area contributed by atoms with Crippen LogP contribution < -0.4 is 4.74 Å². The molecule has 1 N–H and O–H groups in total. The molecule has 0 aliphatic rings. The summed E-state index contributed by atoms with van der Waals surface area (Å²) in [6.07, 6.45) is -4.76. The largest absolute Gasteiger partial charge is 0.573 e. The maximum atomic E-state index is 11.6. The van der Waals surface area contributed by atoms with Crippen molar-refractivity contribution in [2.75, 3.05) is 0 Å². The first-order valence-corrected chi connectivity index (χ1v) is 3.50. The summed E-state index contributed by atoms with van der Waals surface area (Å²) in [7, 11) is 0. The number of alkyl halides is 3. The third-order valence-electron chi connectivity index (χ3n) is 1.15. The number of phenols is 1. The average Bonchev–Trinajstić information content (AvgIpc) is 1.94. The number of hydrogen-bond donors (Lipinski definition) is 1. The summed E-state index contributed by atoms with van der Waals surface area (Å²) in [5.74, 6) is -0.960. The second-order valence-corrected chi connectivity index (χ2v) is 2.57. The van der Waals surface area contributed by atoms with Crippen LogP contribution in [0, 0.1) is 0 Å². The van der Waals surface area contributed by atoms with Crippen LogP contribution in [0.4, 0.5) is 13.2 Å². The molecular formula is C7H4ClF3O2. The van der Waals surface area contributed by atoms with Gasteiger partial charge in [-0.2, -0.15) is 0 Å². The first-order valence-electron chi connectivity index (χ1n) is 3.13. The van der Waals surface area contributed by atoms with Crippen LogP contribution in [0.3, 0.4) is 0 Å². The maximum absolute atomic E-state index is 11.6. The molecule has 0 atom stereocenters. The lowest BCUT2D eigenvalue weighted by molar-refractivity contribution is -0.274. The summed E-state index contributed by atoms with van der Waals surface area (Å²) in [6.45, 7) is 0. The molecule has 1 aromatic rings. The van der Waals surface area contributed by atoms with Gasteiger partial charge < -0.3 is 9.84 Å². The highest BCUT2D eigenvalue weighted by atomic mass is 35.5. The molecule has 13 heavy (non-hydrogen) atoms. The number of hydrogen-bond acceptors (Lipinski definition) is 2. The Balaban J connectivity index is 2.86. The van der Waals surface area contributed by atoms with Gasteiger partial charge in [0.2, 0.25) is 0 Å². The second kappa shape index (κ2) is 3.33. The number of ether oxygens (including phenoxy) is 1. The van der Waals surface area contributed by atoms with E-state index in [9.17, 15) is 13.2 Å². The van der Waals surface area contributed by atoms with Crippen LogP contribution >= 0.6 is 11.6 Å². The van der Waals surface area contributed by atoms with Crippen molar-refractivity contribution in [3.8, 4) is 11.5 Å². The third-order valence-corrected chi connectivity index (χ3v) is 1.47. The quantitative estimate of drug-likeness (QED) is 0.776. The van der Waals surface area contributed by atoms with Crippen molar-refractivity contribution in [2.45, 2.75) is 6.36 Å². The topological polar surface area (TPSA) is 29.5 Å². The van der Waals surface area contributed by atoms with Gasteiger partial charge in [0.25, 0.3) is 0 Å². The lowest BCUT2D eigenvalue weighted by Gasteiger charge is -2.08. The first kappa shape index (κ1) is 9.98. The number of halogens is 4. The highest BCUT2D eigenvalue weighted by Gasteiger charge is 2.31. The van der Waals surface area contributed by atoms with Gasteiger partial charge in [-0.1, -0.05) is 11.6 Å². The molecule has 72 valence electrons. The van der Waals surface area contributed by atoms with E-state index in [1.165, 1.54) is 0 Å². The number of rotatable bonds is 1. The first-order chi connectivity index (χ1) is 5.88. The minimum atomic E-state index is -4.76. The van der Waals surface area contributed by atoms with Gasteiger partial charge >= 0.3 is 6.36 Å². The van der Waals surface area contributed by atoms with Crippen LogP contribution in [-0.4, -0.2) is 11.5 Å². The molecule has 0 saturated carbocycles. The Labute approximate surface area is 76.5 Å². The predicted octanol–water partition coefficient (Wildman–Crippen LogP) is 2.94. The van der Waals surface area contributed by atoms with Crippen molar-refractivity contribution in [1.29, 1.82) is 0 Å². The highest BCUT2D eigenvalue weighted by molar-refractivity contribution is 6.32. The Morgan fingerprint density at radius 2 is 1.92 bits per heavy atom. The number of phenolic OH excluding ortho intramolecular Hbond substituents is 1. The summed E-state index contributed by atoms with van der Waals surface area (Å²) in [4.78, 5) is 0. The van der Waals surface area contributed by atoms with Crippen LogP contribution in [0.5, 0.6) is 11.5 Å². The van der Waals surface area contributed by atoms with Gasteiger partial charge in [0, 0.05) is 6.07 Å². The minimum absolute atomic E-state index is 0.0328. The fourth-order valence-electron chi connectivity index (χ4n) is 0.690. The van der Waals surface area contributed by atoms with E-state index in [1.807, 2.05) is 0 Å². The lowest BCUT2D eigenvalue weighted by atomic mass is 10.3. The highest BCUT2D eigenvalue weighted by Crippen LogP contribution is 2.30. The van der Waals surface area contributed by atoms with E-state index in [0.717, 1.165) is 18.2 Å². The van der Waals surface area contributed by atoms with Crippen LogP contribution in [0.15, 0.2) is 18.2 Å². The molecule has 0 radical (unpaired) electrons. The van der Waals surface area contributed by atoms with Gasteiger partial charge in [-0.3, -0.25) is 0 Å². The smallest absolute Gasteiger partial charge is 0.506 e. The Morgan fingerprint density at radius 3 is 2.38 bits per heavy atom. The van der Waals surface area contributed by atoms with E-state index < -0.39 is 17.9 Å². The van der Waals surface area contributed by atoms with Gasteiger partial charge in [-0.15, -0.1) is 13.2 Å². The SMILES string of the molecule is Oc1cc(OC(F)(F)F)ccc1Cl. The standard InChI is InChI=1S/C7H4ClF3O2/c8-5-2-1-4(3-6(5)12)13-7(9,10)11/h1-3,12H. The van der Waals surface area contributed by atoms with E-state index in [0.29, 0.717) is 0 Å². The van der Waals surface area contributed by atoms with Gasteiger partial charge in [0.05, 0.1) is 5.02 Å². The molecule has 1 aromatic carbocycles. The molecular weight excluding hydrogens is 209 g/mol. The Morgan fingerprint density at radius 1 is 1.31 bits per heavy atom. The van der Waals surface area contributed by atoms with Crippen molar-refractivity contribution in [3.63, 3.8) is 0 Å². The second-order valence-electron chi connectivity index (χ2n) is 2.16. The molecule has 0 aliphatic carbocycles. The Bertz CT molecular complexity index is 311. The molecule has 2 nitrogen and oxygen atoms in total. The van der Waals surface area contributed by atoms with E-state index >= 15 is 0 Å². The predicted molar refractivity (Wildman–Crippen MR) is 39.8 cm³/mol. The zero-order valence-corrected chi connectivity index (χ0v) is 6.86. The van der Waals surface area contributed by atoms with E-state index in [2.05, 4.69) is 4.74 Å². The van der Waals surface area contributed by atoms with Crippen LogP contribution in [0.1, 0.15) is 0 Å². The molecule has 0 amide bonds. The summed E-state index contributed by atoms with van der Waals surface area (Å²) < 4.78 is 38.4. The molecule has 0 fully saturated rings. The Hall–Kier alpha value is -1.10. The molecule has 1 rings (SSSR count). The fourth-order valence-corrected chi connectivity index (χ4v) is 0.807. The minimum Gasteiger partial charge on any atom is -0.506 e. The molecule has 6 heteroatoms. The van der Waals surface area contributed by atoms with E-state index in [-0.39, 0.29) is 5.02 Å². The summed E-state index contributed by atoms with van der Waals surface area (Å²) in [6, 6.07) is 2.91. The van der Waals surface area contributed by atoms with Crippen molar-refractivity contribution >= 4 is 11.6 Å². The number of benzene rings is 1. The van der Waals surface area contributed by atoms with Gasteiger partial charge in [0.15, 0.2) is 0 Å². The van der Waals surface area contributed by atoms with E-state index in [1.54, 1.807) is 0 Å². The summed E-state index contributed by atoms with van der Waals surface area (Å²) in [5, 5.41) is 8.88. The fraction of sp³-hybridized carbons (Fsp3) is 0.143. The summed E-state index contributed by atoms with van der Waals surface area (Å²) >= 11 is 5.37. The van der Waals surface area contributed by atoms with Gasteiger partial charge in [-0.25, -0.2) is 0 Å². The molecule has 0 spiro atoms. The Kier molecular flexibility index (Phi) is 2.56. The van der Waals surface area contributed by atoms with Crippen LogP contribution in [0.2, 0.25) is 5.02 Å². The molecule has 0 aliphatic heterocycles. The molecule has 0 heterocycles.